The summed E-state index contributed by atoms with van der Waals surface area (Å²) in [5, 5.41) is 0. The molecule has 0 bridgehead atoms. The zero-order valence-electron chi connectivity index (χ0n) is 8.66. The molecule has 0 atom stereocenters. The van der Waals surface area contributed by atoms with Crippen molar-refractivity contribution >= 4 is 11.4 Å². The first-order chi connectivity index (χ1) is 7.16. The third-order valence-electron chi connectivity index (χ3n) is 2.39. The predicted molar refractivity (Wildman–Crippen MR) is 61.5 cm³/mol. The maximum atomic E-state index is 5.87. The summed E-state index contributed by atoms with van der Waals surface area (Å²) in [4.78, 5) is 0. The Hall–Kier alpha value is -1.90. The molecule has 3 nitrogen and oxygen atoms in total. The van der Waals surface area contributed by atoms with Gasteiger partial charge in [0.05, 0.1) is 11.4 Å². The van der Waals surface area contributed by atoms with E-state index in [2.05, 4.69) is 0 Å². The highest BCUT2D eigenvalue weighted by Gasteiger charge is 2.05. The monoisotopic (exact) mass is 202 g/mol. The fourth-order valence-corrected chi connectivity index (χ4v) is 1.55. The number of hydrogen-bond acceptors (Lipinski definition) is 3. The van der Waals surface area contributed by atoms with E-state index in [4.69, 9.17) is 15.9 Å². The van der Waals surface area contributed by atoms with Gasteiger partial charge in [0.1, 0.15) is 11.5 Å². The lowest BCUT2D eigenvalue weighted by Crippen LogP contribution is -1.99. The van der Waals surface area contributed by atoms with E-state index in [0.717, 1.165) is 17.1 Å². The molecule has 0 unspecified atom stereocenters. The van der Waals surface area contributed by atoms with E-state index in [0.29, 0.717) is 17.8 Å². The summed E-state index contributed by atoms with van der Waals surface area (Å²) in [5.74, 6) is 1.82. The summed E-state index contributed by atoms with van der Waals surface area (Å²) in [7, 11) is 0. The van der Waals surface area contributed by atoms with E-state index in [-0.39, 0.29) is 0 Å². The van der Waals surface area contributed by atoms with Gasteiger partial charge in [0, 0.05) is 6.42 Å². The van der Waals surface area contributed by atoms with Crippen LogP contribution in [0, 0.1) is 6.92 Å². The van der Waals surface area contributed by atoms with Gasteiger partial charge in [-0.3, -0.25) is 0 Å². The lowest BCUT2D eigenvalue weighted by Gasteiger charge is -2.06. The predicted octanol–water partition coefficient (Wildman–Crippen LogP) is 2.34. The highest BCUT2D eigenvalue weighted by atomic mass is 16.3. The zero-order chi connectivity index (χ0) is 10.8. The molecule has 15 heavy (non-hydrogen) atoms. The molecule has 0 radical (unpaired) electrons. The standard InChI is InChI=1S/C12H14N2O/c1-8-5-6-10(15-8)7-9-3-2-4-11(13)12(9)14/h2-6H,7,13-14H2,1H3. The molecule has 0 aliphatic carbocycles. The van der Waals surface area contributed by atoms with Crippen molar-refractivity contribution in [2.45, 2.75) is 13.3 Å². The van der Waals surface area contributed by atoms with Crippen molar-refractivity contribution in [3.8, 4) is 0 Å². The summed E-state index contributed by atoms with van der Waals surface area (Å²) in [6.07, 6.45) is 0.685. The SMILES string of the molecule is Cc1ccc(Cc2cccc(N)c2N)o1. The van der Waals surface area contributed by atoms with E-state index >= 15 is 0 Å². The molecule has 3 heteroatoms. The van der Waals surface area contributed by atoms with Crippen molar-refractivity contribution < 1.29 is 4.42 Å². The number of nitrogens with two attached hydrogens (primary N) is 2. The average Bonchev–Trinajstić information content (AvgIpc) is 2.59. The van der Waals surface area contributed by atoms with Crippen molar-refractivity contribution in [1.82, 2.24) is 0 Å². The van der Waals surface area contributed by atoms with Crippen molar-refractivity contribution in [2.75, 3.05) is 11.5 Å². The molecule has 0 spiro atoms. The summed E-state index contributed by atoms with van der Waals surface area (Å²) >= 11 is 0. The van der Waals surface area contributed by atoms with E-state index in [1.165, 1.54) is 0 Å². The summed E-state index contributed by atoms with van der Waals surface area (Å²) in [6, 6.07) is 9.56. The molecule has 0 fully saturated rings. The van der Waals surface area contributed by atoms with Crippen LogP contribution in [0.25, 0.3) is 0 Å². The van der Waals surface area contributed by atoms with Crippen molar-refractivity contribution in [2.24, 2.45) is 0 Å². The molecule has 4 N–H and O–H groups in total. The second-order valence-corrected chi connectivity index (χ2v) is 3.61. The van der Waals surface area contributed by atoms with Gasteiger partial charge in [-0.2, -0.15) is 0 Å². The van der Waals surface area contributed by atoms with Gasteiger partial charge in [0.25, 0.3) is 0 Å². The van der Waals surface area contributed by atoms with Gasteiger partial charge in [-0.05, 0) is 30.7 Å². The highest BCUT2D eigenvalue weighted by molar-refractivity contribution is 5.67. The Labute approximate surface area is 88.7 Å². The number of para-hydroxylation sites is 1. The fourth-order valence-electron chi connectivity index (χ4n) is 1.55. The van der Waals surface area contributed by atoms with Crippen LogP contribution in [0.15, 0.2) is 34.7 Å². The third kappa shape index (κ3) is 1.96. The molecular weight excluding hydrogens is 188 g/mol. The fraction of sp³-hybridized carbons (Fsp3) is 0.167. The van der Waals surface area contributed by atoms with E-state index in [9.17, 15) is 0 Å². The first kappa shape index (κ1) is 9.65. The Morgan fingerprint density at radius 1 is 1.13 bits per heavy atom. The second-order valence-electron chi connectivity index (χ2n) is 3.61. The van der Waals surface area contributed by atoms with Gasteiger partial charge in [-0.1, -0.05) is 12.1 Å². The first-order valence-corrected chi connectivity index (χ1v) is 4.85. The Bertz CT molecular complexity index is 474. The molecule has 0 aliphatic rings. The van der Waals surface area contributed by atoms with Gasteiger partial charge >= 0.3 is 0 Å². The van der Waals surface area contributed by atoms with Crippen LogP contribution in [0.3, 0.4) is 0 Å². The average molecular weight is 202 g/mol. The number of furan rings is 1. The number of nitrogen functional groups attached to an aromatic ring is 2. The third-order valence-corrected chi connectivity index (χ3v) is 2.39. The summed E-state index contributed by atoms with van der Waals surface area (Å²) in [5.41, 5.74) is 13.9. The molecule has 0 amide bonds. The summed E-state index contributed by atoms with van der Waals surface area (Å²) < 4.78 is 5.49. The van der Waals surface area contributed by atoms with Crippen LogP contribution in [0.1, 0.15) is 17.1 Å². The molecule has 1 aromatic carbocycles. The van der Waals surface area contributed by atoms with E-state index in [1.807, 2.05) is 31.2 Å². The van der Waals surface area contributed by atoms with Crippen LogP contribution < -0.4 is 11.5 Å². The van der Waals surface area contributed by atoms with Crippen LogP contribution in [0.5, 0.6) is 0 Å². The van der Waals surface area contributed by atoms with Crippen molar-refractivity contribution in [1.29, 1.82) is 0 Å². The zero-order valence-corrected chi connectivity index (χ0v) is 8.66. The number of rotatable bonds is 2. The molecule has 0 aliphatic heterocycles. The first-order valence-electron chi connectivity index (χ1n) is 4.85. The van der Waals surface area contributed by atoms with Crippen LogP contribution in [0.4, 0.5) is 11.4 Å². The number of anilines is 2. The minimum absolute atomic E-state index is 0.621. The van der Waals surface area contributed by atoms with Gasteiger partial charge in [-0.15, -0.1) is 0 Å². The number of benzene rings is 1. The van der Waals surface area contributed by atoms with Gasteiger partial charge in [0.2, 0.25) is 0 Å². The summed E-state index contributed by atoms with van der Waals surface area (Å²) in [6.45, 7) is 1.92. The Kier molecular flexibility index (Phi) is 2.37. The number of aryl methyl sites for hydroxylation is 1. The lowest BCUT2D eigenvalue weighted by molar-refractivity contribution is 0.493. The Morgan fingerprint density at radius 2 is 1.93 bits per heavy atom. The van der Waals surface area contributed by atoms with E-state index < -0.39 is 0 Å². The van der Waals surface area contributed by atoms with Gasteiger partial charge in [-0.25, -0.2) is 0 Å². The minimum atomic E-state index is 0.621. The molecule has 2 aromatic rings. The van der Waals surface area contributed by atoms with Crippen LogP contribution in [-0.4, -0.2) is 0 Å². The van der Waals surface area contributed by atoms with E-state index in [1.54, 1.807) is 6.07 Å². The van der Waals surface area contributed by atoms with Crippen LogP contribution >= 0.6 is 0 Å². The molecule has 0 saturated carbocycles. The molecule has 78 valence electrons. The normalized spacial score (nSPS) is 10.5. The highest BCUT2D eigenvalue weighted by Crippen LogP contribution is 2.22. The van der Waals surface area contributed by atoms with Crippen LogP contribution in [-0.2, 0) is 6.42 Å². The number of hydrogen-bond donors (Lipinski definition) is 2. The molecule has 0 saturated heterocycles. The Morgan fingerprint density at radius 3 is 2.60 bits per heavy atom. The maximum absolute atomic E-state index is 5.87. The molecular formula is C12H14N2O. The topological polar surface area (TPSA) is 65.2 Å². The molecule has 1 aromatic heterocycles. The lowest BCUT2D eigenvalue weighted by atomic mass is 10.1. The quantitative estimate of drug-likeness (QED) is 0.734. The van der Waals surface area contributed by atoms with Crippen LogP contribution in [0.2, 0.25) is 0 Å². The van der Waals surface area contributed by atoms with Crippen molar-refractivity contribution in [3.63, 3.8) is 0 Å². The second kappa shape index (κ2) is 3.69. The smallest absolute Gasteiger partial charge is 0.108 e. The minimum Gasteiger partial charge on any atom is -0.466 e. The van der Waals surface area contributed by atoms with Gasteiger partial charge < -0.3 is 15.9 Å². The molecule has 1 heterocycles. The molecule has 2 rings (SSSR count). The Balaban J connectivity index is 2.28. The van der Waals surface area contributed by atoms with Crippen molar-refractivity contribution in [3.05, 3.63) is 47.4 Å². The van der Waals surface area contributed by atoms with Gasteiger partial charge in [0.15, 0.2) is 0 Å². The largest absolute Gasteiger partial charge is 0.466 e. The maximum Gasteiger partial charge on any atom is 0.108 e.